The summed E-state index contributed by atoms with van der Waals surface area (Å²) in [4.78, 5) is 26.5. The van der Waals surface area contributed by atoms with E-state index in [4.69, 9.17) is 0 Å². The summed E-state index contributed by atoms with van der Waals surface area (Å²) in [5.41, 5.74) is 2.88. The lowest BCUT2D eigenvalue weighted by atomic mass is 9.93. The van der Waals surface area contributed by atoms with Gasteiger partial charge in [0.05, 0.1) is 12.5 Å². The Hall–Kier alpha value is -2.62. The van der Waals surface area contributed by atoms with E-state index in [1.165, 1.54) is 4.90 Å². The van der Waals surface area contributed by atoms with Crippen LogP contribution in [0.5, 0.6) is 0 Å². The molecular weight excluding hydrogens is 312 g/mol. The van der Waals surface area contributed by atoms with Gasteiger partial charge in [-0.1, -0.05) is 61.4 Å². The second-order valence-electron chi connectivity index (χ2n) is 6.36. The third-order valence-electron chi connectivity index (χ3n) is 4.17. The summed E-state index contributed by atoms with van der Waals surface area (Å²) in [6, 6.07) is 17.4. The van der Waals surface area contributed by atoms with Crippen molar-refractivity contribution in [2.24, 2.45) is 0 Å². The number of benzene rings is 2. The van der Waals surface area contributed by atoms with Crippen LogP contribution in [0.15, 0.2) is 54.6 Å². The maximum absolute atomic E-state index is 12.8. The number of rotatable bonds is 7. The van der Waals surface area contributed by atoms with Crippen molar-refractivity contribution in [2.75, 3.05) is 18.9 Å². The zero-order valence-corrected chi connectivity index (χ0v) is 15.2. The SMILES string of the molecule is CCCC(C(=O)N(C)CC(=O)Nc1ccc(C)cc1)c1ccccc1. The third-order valence-corrected chi connectivity index (χ3v) is 4.17. The van der Waals surface area contributed by atoms with Gasteiger partial charge in [-0.05, 0) is 31.0 Å². The highest BCUT2D eigenvalue weighted by molar-refractivity contribution is 5.95. The van der Waals surface area contributed by atoms with E-state index in [1.54, 1.807) is 7.05 Å². The molecule has 4 heteroatoms. The van der Waals surface area contributed by atoms with Crippen molar-refractivity contribution < 1.29 is 9.59 Å². The van der Waals surface area contributed by atoms with E-state index >= 15 is 0 Å². The fourth-order valence-corrected chi connectivity index (χ4v) is 2.80. The topological polar surface area (TPSA) is 49.4 Å². The van der Waals surface area contributed by atoms with Crippen LogP contribution in [0, 0.1) is 6.92 Å². The number of carbonyl (C=O) groups excluding carboxylic acids is 2. The van der Waals surface area contributed by atoms with E-state index in [1.807, 2.05) is 61.5 Å². The van der Waals surface area contributed by atoms with Crippen LogP contribution in [0.2, 0.25) is 0 Å². The van der Waals surface area contributed by atoms with Crippen molar-refractivity contribution in [3.05, 3.63) is 65.7 Å². The van der Waals surface area contributed by atoms with Crippen LogP contribution < -0.4 is 5.32 Å². The molecule has 0 aromatic heterocycles. The lowest BCUT2D eigenvalue weighted by molar-refractivity contribution is -0.134. The predicted octanol–water partition coefficient (Wildman–Crippen LogP) is 3.98. The number of hydrogen-bond donors (Lipinski definition) is 1. The van der Waals surface area contributed by atoms with Crippen LogP contribution in [0.25, 0.3) is 0 Å². The van der Waals surface area contributed by atoms with Crippen LogP contribution in [0.1, 0.15) is 36.8 Å². The van der Waals surface area contributed by atoms with E-state index in [-0.39, 0.29) is 24.3 Å². The quantitative estimate of drug-likeness (QED) is 0.830. The van der Waals surface area contributed by atoms with Crippen LogP contribution in [0.4, 0.5) is 5.69 Å². The van der Waals surface area contributed by atoms with Crippen molar-refractivity contribution in [3.8, 4) is 0 Å². The number of amides is 2. The van der Waals surface area contributed by atoms with Crippen LogP contribution >= 0.6 is 0 Å². The van der Waals surface area contributed by atoms with E-state index in [0.717, 1.165) is 29.7 Å². The molecule has 2 aromatic carbocycles. The van der Waals surface area contributed by atoms with E-state index < -0.39 is 0 Å². The van der Waals surface area contributed by atoms with Gasteiger partial charge in [-0.25, -0.2) is 0 Å². The number of hydrogen-bond acceptors (Lipinski definition) is 2. The molecule has 132 valence electrons. The average Bonchev–Trinajstić information content (AvgIpc) is 2.61. The second kappa shape index (κ2) is 9.02. The summed E-state index contributed by atoms with van der Waals surface area (Å²) in [7, 11) is 1.68. The molecule has 1 atom stereocenters. The molecule has 1 unspecified atom stereocenters. The molecule has 0 saturated carbocycles. The zero-order valence-electron chi connectivity index (χ0n) is 15.2. The Labute approximate surface area is 149 Å². The van der Waals surface area contributed by atoms with Gasteiger partial charge < -0.3 is 10.2 Å². The van der Waals surface area contributed by atoms with Gasteiger partial charge in [0.25, 0.3) is 0 Å². The number of likely N-dealkylation sites (N-methyl/N-ethyl adjacent to an activating group) is 1. The Morgan fingerprint density at radius 1 is 1.04 bits per heavy atom. The Balaban J connectivity index is 1.99. The summed E-state index contributed by atoms with van der Waals surface area (Å²) in [6.45, 7) is 4.10. The number of nitrogens with zero attached hydrogens (tertiary/aromatic N) is 1. The fourth-order valence-electron chi connectivity index (χ4n) is 2.80. The highest BCUT2D eigenvalue weighted by Crippen LogP contribution is 2.23. The van der Waals surface area contributed by atoms with Crippen molar-refractivity contribution in [1.82, 2.24) is 4.90 Å². The first-order chi connectivity index (χ1) is 12.0. The molecule has 0 radical (unpaired) electrons. The van der Waals surface area contributed by atoms with E-state index in [9.17, 15) is 9.59 Å². The van der Waals surface area contributed by atoms with Gasteiger partial charge in [-0.3, -0.25) is 9.59 Å². The molecular formula is C21H26N2O2. The van der Waals surface area contributed by atoms with Gasteiger partial charge in [-0.2, -0.15) is 0 Å². The number of carbonyl (C=O) groups is 2. The van der Waals surface area contributed by atoms with Gasteiger partial charge >= 0.3 is 0 Å². The predicted molar refractivity (Wildman–Crippen MR) is 102 cm³/mol. The molecule has 1 N–H and O–H groups in total. The standard InChI is InChI=1S/C21H26N2O2/c1-4-8-19(17-9-6-5-7-10-17)21(25)23(3)15-20(24)22-18-13-11-16(2)12-14-18/h5-7,9-14,19H,4,8,15H2,1-3H3,(H,22,24). The third kappa shape index (κ3) is 5.45. The molecule has 0 spiro atoms. The van der Waals surface area contributed by atoms with Gasteiger partial charge in [0.1, 0.15) is 0 Å². The highest BCUT2D eigenvalue weighted by atomic mass is 16.2. The molecule has 0 heterocycles. The average molecular weight is 338 g/mol. The summed E-state index contributed by atoms with van der Waals surface area (Å²) < 4.78 is 0. The number of nitrogens with one attached hydrogen (secondary N) is 1. The number of aryl methyl sites for hydroxylation is 1. The molecule has 2 aromatic rings. The normalized spacial score (nSPS) is 11.6. The van der Waals surface area contributed by atoms with Gasteiger partial charge in [-0.15, -0.1) is 0 Å². The lowest BCUT2D eigenvalue weighted by Gasteiger charge is -2.23. The maximum atomic E-state index is 12.8. The van der Waals surface area contributed by atoms with Gasteiger partial charge in [0.15, 0.2) is 0 Å². The molecule has 0 aliphatic rings. The molecule has 25 heavy (non-hydrogen) atoms. The van der Waals surface area contributed by atoms with E-state index in [0.29, 0.717) is 0 Å². The minimum absolute atomic E-state index is 0.0212. The lowest BCUT2D eigenvalue weighted by Crippen LogP contribution is -2.37. The molecule has 2 rings (SSSR count). The van der Waals surface area contributed by atoms with Crippen molar-refractivity contribution in [1.29, 1.82) is 0 Å². The molecule has 4 nitrogen and oxygen atoms in total. The fraction of sp³-hybridized carbons (Fsp3) is 0.333. The minimum Gasteiger partial charge on any atom is -0.336 e. The zero-order chi connectivity index (χ0) is 18.2. The van der Waals surface area contributed by atoms with Gasteiger partial charge in [0, 0.05) is 12.7 Å². The minimum atomic E-state index is -0.205. The Morgan fingerprint density at radius 3 is 2.28 bits per heavy atom. The van der Waals surface area contributed by atoms with Crippen LogP contribution in [-0.4, -0.2) is 30.3 Å². The van der Waals surface area contributed by atoms with Crippen molar-refractivity contribution in [3.63, 3.8) is 0 Å². The Morgan fingerprint density at radius 2 is 1.68 bits per heavy atom. The smallest absolute Gasteiger partial charge is 0.243 e. The van der Waals surface area contributed by atoms with Crippen LogP contribution in [-0.2, 0) is 9.59 Å². The Bertz CT molecular complexity index is 696. The summed E-state index contributed by atoms with van der Waals surface area (Å²) in [6.07, 6.45) is 1.68. The summed E-state index contributed by atoms with van der Waals surface area (Å²) >= 11 is 0. The summed E-state index contributed by atoms with van der Waals surface area (Å²) in [5.74, 6) is -0.418. The first-order valence-corrected chi connectivity index (χ1v) is 8.67. The monoisotopic (exact) mass is 338 g/mol. The molecule has 2 amide bonds. The summed E-state index contributed by atoms with van der Waals surface area (Å²) in [5, 5.41) is 2.83. The first-order valence-electron chi connectivity index (χ1n) is 8.67. The Kier molecular flexibility index (Phi) is 6.75. The molecule has 0 bridgehead atoms. The van der Waals surface area contributed by atoms with Crippen molar-refractivity contribution >= 4 is 17.5 Å². The van der Waals surface area contributed by atoms with E-state index in [2.05, 4.69) is 12.2 Å². The second-order valence-corrected chi connectivity index (χ2v) is 6.36. The van der Waals surface area contributed by atoms with Gasteiger partial charge in [0.2, 0.25) is 11.8 Å². The van der Waals surface area contributed by atoms with Crippen LogP contribution in [0.3, 0.4) is 0 Å². The molecule has 0 saturated heterocycles. The van der Waals surface area contributed by atoms with Crippen molar-refractivity contribution in [2.45, 2.75) is 32.6 Å². The molecule has 0 fully saturated rings. The highest BCUT2D eigenvalue weighted by Gasteiger charge is 2.24. The first kappa shape index (κ1) is 18.7. The molecule has 0 aliphatic carbocycles. The molecule has 0 aliphatic heterocycles. The largest absolute Gasteiger partial charge is 0.336 e. The maximum Gasteiger partial charge on any atom is 0.243 e. The number of anilines is 1.